The van der Waals surface area contributed by atoms with Crippen LogP contribution in [0.1, 0.15) is 41.5 Å². The summed E-state index contributed by atoms with van der Waals surface area (Å²) in [5, 5.41) is 0. The molecule has 11 nitrogen and oxygen atoms in total. The van der Waals surface area contributed by atoms with Gasteiger partial charge in [0.05, 0.1) is 0 Å². The molecule has 0 saturated carbocycles. The van der Waals surface area contributed by atoms with Gasteiger partial charge in [0, 0.05) is 6.92 Å². The lowest BCUT2D eigenvalue weighted by Crippen LogP contribution is -2.38. The average Bonchev–Trinajstić information content (AvgIpc) is 2.60. The predicted molar refractivity (Wildman–Crippen MR) is 89.5 cm³/mol. The lowest BCUT2D eigenvalue weighted by atomic mass is 10.3. The quantitative estimate of drug-likeness (QED) is 0.272. The molecule has 0 aromatic heterocycles. The van der Waals surface area contributed by atoms with E-state index in [9.17, 15) is 28.8 Å². The molecular weight excluding hydrogens is 380 g/mol. The molecule has 0 radical (unpaired) electrons. The highest BCUT2D eigenvalue weighted by Crippen LogP contribution is 2.07. The van der Waals surface area contributed by atoms with Crippen LogP contribution in [0.3, 0.4) is 0 Å². The number of ether oxygens (including phenoxy) is 5. The van der Waals surface area contributed by atoms with Gasteiger partial charge in [0.15, 0.2) is 36.8 Å². The number of hydrogen-bond acceptors (Lipinski definition) is 11. The third kappa shape index (κ3) is 9.10. The molecule has 0 N–H and O–H groups in total. The Morgan fingerprint density at radius 1 is 0.571 bits per heavy atom. The first-order valence-corrected chi connectivity index (χ1v) is 8.33. The molecule has 0 saturated heterocycles. The van der Waals surface area contributed by atoms with E-state index >= 15 is 0 Å². The summed E-state index contributed by atoms with van der Waals surface area (Å²) in [7, 11) is 0. The minimum Gasteiger partial charge on any atom is -0.452 e. The van der Waals surface area contributed by atoms with Crippen molar-refractivity contribution in [3.63, 3.8) is 0 Å². The monoisotopic (exact) mass is 404 g/mol. The van der Waals surface area contributed by atoms with E-state index in [1.165, 1.54) is 34.6 Å². The largest absolute Gasteiger partial charge is 0.452 e. The fraction of sp³-hybridized carbons (Fsp3) is 0.647. The Labute approximate surface area is 161 Å². The van der Waals surface area contributed by atoms with Gasteiger partial charge >= 0.3 is 29.8 Å². The topological polar surface area (TPSA) is 149 Å². The van der Waals surface area contributed by atoms with Crippen LogP contribution in [0.2, 0.25) is 0 Å². The van der Waals surface area contributed by atoms with Gasteiger partial charge < -0.3 is 23.7 Å². The third-order valence-corrected chi connectivity index (χ3v) is 3.04. The van der Waals surface area contributed by atoms with Crippen LogP contribution in [-0.4, -0.2) is 66.7 Å². The summed E-state index contributed by atoms with van der Waals surface area (Å²) < 4.78 is 23.7. The summed E-state index contributed by atoms with van der Waals surface area (Å²) in [4.78, 5) is 68.3. The minimum absolute atomic E-state index is 0.391. The van der Waals surface area contributed by atoms with Gasteiger partial charge in [-0.25, -0.2) is 19.2 Å². The molecule has 0 heterocycles. The summed E-state index contributed by atoms with van der Waals surface area (Å²) in [6.45, 7) is 7.28. The first-order chi connectivity index (χ1) is 12.9. The summed E-state index contributed by atoms with van der Waals surface area (Å²) in [5.41, 5.74) is 0. The molecule has 0 aromatic carbocycles. The number of rotatable bonds is 10. The van der Waals surface area contributed by atoms with Gasteiger partial charge in [-0.2, -0.15) is 0 Å². The van der Waals surface area contributed by atoms with Gasteiger partial charge in [0.1, 0.15) is 0 Å². The molecule has 11 heteroatoms. The normalized spacial score (nSPS) is 15.6. The highest BCUT2D eigenvalue weighted by atomic mass is 16.6. The molecule has 0 spiro atoms. The van der Waals surface area contributed by atoms with Gasteiger partial charge in [-0.15, -0.1) is 0 Å². The predicted octanol–water partition coefficient (Wildman–Crippen LogP) is -0.136. The summed E-state index contributed by atoms with van der Waals surface area (Å²) in [6.07, 6.45) is -5.99. The van der Waals surface area contributed by atoms with Crippen molar-refractivity contribution < 1.29 is 52.5 Å². The molecular formula is C17H24O11. The molecule has 0 aromatic rings. The van der Waals surface area contributed by atoms with Crippen molar-refractivity contribution in [2.24, 2.45) is 0 Å². The van der Waals surface area contributed by atoms with Crippen molar-refractivity contribution in [1.82, 2.24) is 0 Å². The van der Waals surface area contributed by atoms with Crippen LogP contribution in [0.4, 0.5) is 0 Å². The van der Waals surface area contributed by atoms with Crippen LogP contribution >= 0.6 is 0 Å². The Morgan fingerprint density at radius 2 is 0.857 bits per heavy atom. The zero-order valence-electron chi connectivity index (χ0n) is 16.5. The Balaban J connectivity index is 4.56. The summed E-state index contributed by atoms with van der Waals surface area (Å²) in [5.74, 6) is -4.74. The fourth-order valence-corrected chi connectivity index (χ4v) is 1.56. The maximum atomic E-state index is 11.9. The maximum absolute atomic E-state index is 11.9. The first kappa shape index (κ1) is 25.0. The molecule has 0 fully saturated rings. The molecule has 0 aliphatic heterocycles. The van der Waals surface area contributed by atoms with E-state index in [1.54, 1.807) is 0 Å². The van der Waals surface area contributed by atoms with Crippen molar-refractivity contribution in [2.45, 2.75) is 72.1 Å². The van der Waals surface area contributed by atoms with Crippen LogP contribution in [-0.2, 0) is 52.5 Å². The van der Waals surface area contributed by atoms with Gasteiger partial charge in [-0.1, -0.05) is 0 Å². The van der Waals surface area contributed by atoms with Gasteiger partial charge in [-0.3, -0.25) is 9.59 Å². The Bertz CT molecular complexity index is 612. The van der Waals surface area contributed by atoms with Crippen molar-refractivity contribution in [1.29, 1.82) is 0 Å². The highest BCUT2D eigenvalue weighted by Gasteiger charge is 2.30. The van der Waals surface area contributed by atoms with Crippen LogP contribution in [0.25, 0.3) is 0 Å². The van der Waals surface area contributed by atoms with Crippen molar-refractivity contribution in [3.8, 4) is 0 Å². The molecule has 0 aliphatic carbocycles. The molecule has 28 heavy (non-hydrogen) atoms. The van der Waals surface area contributed by atoms with Gasteiger partial charge in [0.2, 0.25) is 0 Å². The highest BCUT2D eigenvalue weighted by molar-refractivity contribution is 5.85. The fourth-order valence-electron chi connectivity index (χ4n) is 1.56. The SMILES string of the molecule is CC(=O)O[C@@H](C)C(=O)O[C@@H](C)C(=O)O[C@@H](C)C(=O)O[C@@H](C)C(=O)O[C@@H](C)C=O. The zero-order chi connectivity index (χ0) is 22.0. The van der Waals surface area contributed by atoms with Gasteiger partial charge in [-0.05, 0) is 34.6 Å². The van der Waals surface area contributed by atoms with Crippen molar-refractivity contribution in [2.75, 3.05) is 0 Å². The Kier molecular flexibility index (Phi) is 10.4. The number of carbonyl (C=O) groups is 6. The van der Waals surface area contributed by atoms with E-state index in [0.29, 0.717) is 6.29 Å². The zero-order valence-corrected chi connectivity index (χ0v) is 16.5. The van der Waals surface area contributed by atoms with E-state index in [-0.39, 0.29) is 0 Å². The van der Waals surface area contributed by atoms with Gasteiger partial charge in [0.25, 0.3) is 0 Å². The van der Waals surface area contributed by atoms with E-state index in [0.717, 1.165) is 6.92 Å². The lowest BCUT2D eigenvalue weighted by molar-refractivity contribution is -0.185. The standard InChI is InChI=1S/C17H24O11/c1-8(7-18)24-14(20)10(3)26-16(22)12(5)28-17(23)11(4)27-15(21)9(2)25-13(6)19/h7-12H,1-6H3/t8-,9-,10-,11-,12-/m0/s1. The second kappa shape index (κ2) is 11.7. The summed E-state index contributed by atoms with van der Waals surface area (Å²) in [6, 6.07) is 0. The van der Waals surface area contributed by atoms with E-state index in [1.807, 2.05) is 0 Å². The molecule has 0 bridgehead atoms. The van der Waals surface area contributed by atoms with Crippen LogP contribution in [0.15, 0.2) is 0 Å². The Morgan fingerprint density at radius 3 is 1.14 bits per heavy atom. The van der Waals surface area contributed by atoms with Crippen LogP contribution in [0.5, 0.6) is 0 Å². The molecule has 5 atom stereocenters. The molecule has 0 rings (SSSR count). The average molecular weight is 404 g/mol. The summed E-state index contributed by atoms with van der Waals surface area (Å²) >= 11 is 0. The minimum atomic E-state index is -1.42. The number of aldehydes is 1. The third-order valence-electron chi connectivity index (χ3n) is 3.04. The number of hydrogen-bond donors (Lipinski definition) is 0. The maximum Gasteiger partial charge on any atom is 0.347 e. The molecule has 0 amide bonds. The molecule has 0 unspecified atom stereocenters. The second-order valence-electron chi connectivity index (χ2n) is 5.77. The van der Waals surface area contributed by atoms with E-state index in [4.69, 9.17) is 14.2 Å². The first-order valence-electron chi connectivity index (χ1n) is 8.33. The molecule has 0 aliphatic rings. The van der Waals surface area contributed by atoms with E-state index < -0.39 is 60.4 Å². The van der Waals surface area contributed by atoms with Crippen molar-refractivity contribution in [3.05, 3.63) is 0 Å². The lowest BCUT2D eigenvalue weighted by Gasteiger charge is -2.19. The Hall–Kier alpha value is -2.98. The molecule has 158 valence electrons. The van der Waals surface area contributed by atoms with Crippen molar-refractivity contribution >= 4 is 36.1 Å². The smallest absolute Gasteiger partial charge is 0.347 e. The van der Waals surface area contributed by atoms with Crippen LogP contribution in [0, 0.1) is 0 Å². The van der Waals surface area contributed by atoms with E-state index in [2.05, 4.69) is 9.47 Å². The van der Waals surface area contributed by atoms with Crippen LogP contribution < -0.4 is 0 Å². The number of carbonyl (C=O) groups excluding carboxylic acids is 6. The second-order valence-corrected chi connectivity index (χ2v) is 5.77. The number of esters is 5.